The first-order chi connectivity index (χ1) is 10.2. The minimum Gasteiger partial charge on any atom is -0.405 e. The fraction of sp³-hybridized carbons (Fsp3) is 0.154. The Morgan fingerprint density at radius 3 is 2.32 bits per heavy atom. The highest BCUT2D eigenvalue weighted by Crippen LogP contribution is 2.37. The second kappa shape index (κ2) is 5.80. The summed E-state index contributed by atoms with van der Waals surface area (Å²) in [6.07, 6.45) is -4.86. The van der Waals surface area contributed by atoms with Crippen LogP contribution < -0.4 is 10.5 Å². The molecule has 116 valence electrons. The van der Waals surface area contributed by atoms with E-state index in [9.17, 15) is 18.0 Å². The molecule has 0 radical (unpaired) electrons. The normalized spacial score (nSPS) is 11.3. The van der Waals surface area contributed by atoms with E-state index < -0.39 is 29.5 Å². The molecule has 0 aliphatic heterocycles. The van der Waals surface area contributed by atoms with Crippen LogP contribution in [0.25, 0.3) is 11.3 Å². The van der Waals surface area contributed by atoms with Gasteiger partial charge in [0, 0.05) is 17.5 Å². The molecule has 0 aliphatic rings. The first kappa shape index (κ1) is 16.0. The molecular formula is C13H9ClF3N3O2. The van der Waals surface area contributed by atoms with Crippen molar-refractivity contribution in [3.05, 3.63) is 35.0 Å². The third-order valence-electron chi connectivity index (χ3n) is 2.52. The van der Waals surface area contributed by atoms with E-state index in [1.54, 1.807) is 0 Å². The van der Waals surface area contributed by atoms with Crippen molar-refractivity contribution in [3.63, 3.8) is 0 Å². The van der Waals surface area contributed by atoms with Gasteiger partial charge < -0.3 is 10.5 Å². The lowest BCUT2D eigenvalue weighted by Crippen LogP contribution is -2.16. The summed E-state index contributed by atoms with van der Waals surface area (Å²) in [7, 11) is 0. The predicted octanol–water partition coefficient (Wildman–Crippen LogP) is 3.32. The largest absolute Gasteiger partial charge is 0.438 e. The monoisotopic (exact) mass is 331 g/mol. The van der Waals surface area contributed by atoms with Gasteiger partial charge in [0.25, 0.3) is 5.88 Å². The Morgan fingerprint density at radius 1 is 1.23 bits per heavy atom. The number of ether oxygens (including phenoxy) is 1. The van der Waals surface area contributed by atoms with Crippen LogP contribution in [0.5, 0.6) is 5.88 Å². The van der Waals surface area contributed by atoms with E-state index >= 15 is 0 Å². The molecule has 0 fully saturated rings. The van der Waals surface area contributed by atoms with Crippen LogP contribution in [0.4, 0.5) is 19.0 Å². The smallest absolute Gasteiger partial charge is 0.405 e. The van der Waals surface area contributed by atoms with Gasteiger partial charge in [-0.1, -0.05) is 23.7 Å². The third-order valence-corrected chi connectivity index (χ3v) is 2.77. The molecule has 9 heteroatoms. The number of esters is 1. The molecular weight excluding hydrogens is 323 g/mol. The summed E-state index contributed by atoms with van der Waals surface area (Å²) in [5.74, 6) is -2.34. The first-order valence-electron chi connectivity index (χ1n) is 5.87. The van der Waals surface area contributed by atoms with Crippen LogP contribution in [0.3, 0.4) is 0 Å². The molecule has 2 N–H and O–H groups in total. The Morgan fingerprint density at radius 2 is 1.82 bits per heavy atom. The minimum absolute atomic E-state index is 0.0408. The number of carbonyl (C=O) groups excluding carboxylic acids is 1. The number of hydrogen-bond acceptors (Lipinski definition) is 5. The average molecular weight is 332 g/mol. The van der Waals surface area contributed by atoms with Crippen LogP contribution >= 0.6 is 11.6 Å². The number of benzene rings is 1. The van der Waals surface area contributed by atoms with Crippen molar-refractivity contribution in [1.29, 1.82) is 0 Å². The van der Waals surface area contributed by atoms with Gasteiger partial charge in [0.2, 0.25) is 5.69 Å². The molecule has 0 bridgehead atoms. The maximum absolute atomic E-state index is 12.9. The first-order valence-corrected chi connectivity index (χ1v) is 6.25. The molecule has 1 aromatic carbocycles. The Labute approximate surface area is 127 Å². The van der Waals surface area contributed by atoms with Crippen LogP contribution in [-0.4, -0.2) is 15.9 Å². The molecule has 0 spiro atoms. The standard InChI is InChI=1S/C13H9ClF3N3O2/c1-6(21)22-12-10(13(15,16)17)20-11(18)9(19-12)7-2-4-8(14)5-3-7/h2-5H,1H3,(H2,18,20). The van der Waals surface area contributed by atoms with E-state index in [0.29, 0.717) is 10.6 Å². The lowest BCUT2D eigenvalue weighted by Gasteiger charge is -2.13. The molecule has 0 saturated carbocycles. The zero-order valence-electron chi connectivity index (χ0n) is 11.1. The number of aromatic nitrogens is 2. The van der Waals surface area contributed by atoms with Crippen LogP contribution in [0.2, 0.25) is 5.02 Å². The van der Waals surface area contributed by atoms with E-state index in [4.69, 9.17) is 17.3 Å². The molecule has 2 rings (SSSR count). The lowest BCUT2D eigenvalue weighted by molar-refractivity contribution is -0.145. The fourth-order valence-corrected chi connectivity index (χ4v) is 1.77. The molecule has 5 nitrogen and oxygen atoms in total. The SMILES string of the molecule is CC(=O)Oc1nc(-c2ccc(Cl)cc2)c(N)nc1C(F)(F)F. The highest BCUT2D eigenvalue weighted by atomic mass is 35.5. The second-order valence-corrected chi connectivity index (χ2v) is 4.65. The Balaban J connectivity index is 2.61. The number of nitrogens with two attached hydrogens (primary N) is 1. The Bertz CT molecular complexity index is 718. The van der Waals surface area contributed by atoms with Gasteiger partial charge in [0.05, 0.1) is 0 Å². The van der Waals surface area contributed by atoms with Gasteiger partial charge in [-0.2, -0.15) is 13.2 Å². The van der Waals surface area contributed by atoms with E-state index in [1.165, 1.54) is 24.3 Å². The maximum atomic E-state index is 12.9. The van der Waals surface area contributed by atoms with E-state index in [0.717, 1.165) is 6.92 Å². The fourth-order valence-electron chi connectivity index (χ4n) is 1.65. The van der Waals surface area contributed by atoms with Gasteiger partial charge in [0.1, 0.15) is 5.69 Å². The summed E-state index contributed by atoms with van der Waals surface area (Å²) >= 11 is 5.74. The quantitative estimate of drug-likeness (QED) is 0.854. The summed E-state index contributed by atoms with van der Waals surface area (Å²) in [4.78, 5) is 17.9. The van der Waals surface area contributed by atoms with Gasteiger partial charge in [-0.25, -0.2) is 9.97 Å². The molecule has 0 unspecified atom stereocenters. The number of rotatable bonds is 2. The zero-order valence-corrected chi connectivity index (χ0v) is 11.9. The van der Waals surface area contributed by atoms with Crippen LogP contribution in [-0.2, 0) is 11.0 Å². The van der Waals surface area contributed by atoms with Crippen molar-refractivity contribution in [2.75, 3.05) is 5.73 Å². The number of carbonyl (C=O) groups is 1. The highest BCUT2D eigenvalue weighted by molar-refractivity contribution is 6.30. The zero-order chi connectivity index (χ0) is 16.5. The summed E-state index contributed by atoms with van der Waals surface area (Å²) in [6.45, 7) is 0.958. The number of anilines is 1. The van der Waals surface area contributed by atoms with Crippen molar-refractivity contribution >= 4 is 23.4 Å². The Hall–Kier alpha value is -2.35. The molecule has 0 saturated heterocycles. The number of halogens is 4. The number of nitrogens with zero attached hydrogens (tertiary/aromatic N) is 2. The van der Waals surface area contributed by atoms with Gasteiger partial charge >= 0.3 is 12.1 Å². The maximum Gasteiger partial charge on any atom is 0.438 e. The topological polar surface area (TPSA) is 78.1 Å². The minimum atomic E-state index is -4.86. The molecule has 1 aromatic heterocycles. The average Bonchev–Trinajstić information content (AvgIpc) is 2.40. The van der Waals surface area contributed by atoms with Crippen LogP contribution in [0.1, 0.15) is 12.6 Å². The molecule has 0 aliphatic carbocycles. The van der Waals surface area contributed by atoms with Crippen molar-refractivity contribution in [2.45, 2.75) is 13.1 Å². The van der Waals surface area contributed by atoms with Crippen molar-refractivity contribution in [3.8, 4) is 17.1 Å². The highest BCUT2D eigenvalue weighted by Gasteiger charge is 2.39. The molecule has 1 heterocycles. The number of alkyl halides is 3. The van der Waals surface area contributed by atoms with E-state index in [1.807, 2.05) is 0 Å². The van der Waals surface area contributed by atoms with Gasteiger partial charge in [-0.3, -0.25) is 4.79 Å². The van der Waals surface area contributed by atoms with Crippen molar-refractivity contribution < 1.29 is 22.7 Å². The second-order valence-electron chi connectivity index (χ2n) is 4.21. The molecule has 0 amide bonds. The third kappa shape index (κ3) is 3.45. The molecule has 22 heavy (non-hydrogen) atoms. The van der Waals surface area contributed by atoms with Crippen LogP contribution in [0, 0.1) is 0 Å². The predicted molar refractivity (Wildman–Crippen MR) is 73.2 cm³/mol. The number of nitrogen functional groups attached to an aromatic ring is 1. The molecule has 2 aromatic rings. The number of hydrogen-bond donors (Lipinski definition) is 1. The van der Waals surface area contributed by atoms with Crippen molar-refractivity contribution in [1.82, 2.24) is 9.97 Å². The Kier molecular flexibility index (Phi) is 4.23. The van der Waals surface area contributed by atoms with Crippen LogP contribution in [0.15, 0.2) is 24.3 Å². The summed E-state index contributed by atoms with van der Waals surface area (Å²) < 4.78 is 43.2. The van der Waals surface area contributed by atoms with Gasteiger partial charge in [-0.15, -0.1) is 0 Å². The summed E-state index contributed by atoms with van der Waals surface area (Å²) in [5.41, 5.74) is 4.43. The van der Waals surface area contributed by atoms with E-state index in [-0.39, 0.29) is 5.69 Å². The lowest BCUT2D eigenvalue weighted by atomic mass is 10.1. The van der Waals surface area contributed by atoms with Gasteiger partial charge in [0.15, 0.2) is 5.82 Å². The van der Waals surface area contributed by atoms with Crippen molar-refractivity contribution in [2.24, 2.45) is 0 Å². The van der Waals surface area contributed by atoms with E-state index in [2.05, 4.69) is 14.7 Å². The summed E-state index contributed by atoms with van der Waals surface area (Å²) in [5, 5.41) is 0.433. The van der Waals surface area contributed by atoms with Gasteiger partial charge in [-0.05, 0) is 12.1 Å². The summed E-state index contributed by atoms with van der Waals surface area (Å²) in [6, 6.07) is 6.05. The molecule has 0 atom stereocenters.